The second-order valence-electron chi connectivity index (χ2n) is 5.90. The Morgan fingerprint density at radius 1 is 1.04 bits per heavy atom. The molecule has 0 unspecified atom stereocenters. The highest BCUT2D eigenvalue weighted by atomic mass is 32.1. The maximum atomic E-state index is 13.2. The minimum Gasteiger partial charge on any atom is -0.326 e. The number of amides is 2. The van der Waals surface area contributed by atoms with Gasteiger partial charge in [0.2, 0.25) is 11.8 Å². The molecule has 0 aliphatic rings. The Bertz CT molecular complexity index is 1000. The van der Waals surface area contributed by atoms with Crippen molar-refractivity contribution in [3.8, 4) is 0 Å². The third-order valence-electron chi connectivity index (χ3n) is 3.86. The molecule has 8 heteroatoms. The van der Waals surface area contributed by atoms with Crippen LogP contribution in [-0.4, -0.2) is 16.8 Å². The van der Waals surface area contributed by atoms with E-state index in [2.05, 4.69) is 15.6 Å². The van der Waals surface area contributed by atoms with E-state index in [0.29, 0.717) is 18.0 Å². The second kappa shape index (κ2) is 8.22. The number of benzene rings is 2. The molecule has 0 aliphatic carbocycles. The fourth-order valence-corrected chi connectivity index (χ4v) is 3.39. The fourth-order valence-electron chi connectivity index (χ4n) is 2.44. The number of nitrogens with one attached hydrogen (secondary N) is 2. The van der Waals surface area contributed by atoms with Gasteiger partial charge < -0.3 is 10.6 Å². The minimum absolute atomic E-state index is 0.0943. The number of carbonyl (C=O) groups is 2. The Morgan fingerprint density at radius 2 is 1.85 bits per heavy atom. The lowest BCUT2D eigenvalue weighted by Gasteiger charge is -2.06. The van der Waals surface area contributed by atoms with Crippen LogP contribution in [-0.2, 0) is 16.0 Å². The van der Waals surface area contributed by atoms with Crippen molar-refractivity contribution in [1.82, 2.24) is 4.98 Å². The summed E-state index contributed by atoms with van der Waals surface area (Å²) in [4.78, 5) is 27.8. The van der Waals surface area contributed by atoms with Crippen LogP contribution < -0.4 is 10.6 Å². The molecule has 140 valence electrons. The van der Waals surface area contributed by atoms with E-state index in [0.717, 1.165) is 27.9 Å². The molecule has 3 rings (SSSR count). The molecule has 0 bridgehead atoms. The van der Waals surface area contributed by atoms with E-state index in [9.17, 15) is 18.4 Å². The molecule has 1 heterocycles. The van der Waals surface area contributed by atoms with Crippen LogP contribution >= 0.6 is 11.3 Å². The topological polar surface area (TPSA) is 71.1 Å². The highest BCUT2D eigenvalue weighted by Gasteiger charge is 2.09. The predicted octanol–water partition coefficient (Wildman–Crippen LogP) is 4.49. The van der Waals surface area contributed by atoms with Crippen LogP contribution in [0, 0.1) is 11.6 Å². The molecule has 3 aromatic rings. The van der Waals surface area contributed by atoms with Gasteiger partial charge in [-0.3, -0.25) is 9.59 Å². The lowest BCUT2D eigenvalue weighted by atomic mass is 10.1. The predicted molar refractivity (Wildman–Crippen MR) is 102 cm³/mol. The van der Waals surface area contributed by atoms with Crippen molar-refractivity contribution >= 4 is 44.2 Å². The van der Waals surface area contributed by atoms with E-state index >= 15 is 0 Å². The van der Waals surface area contributed by atoms with Crippen LogP contribution in [0.1, 0.15) is 25.3 Å². The summed E-state index contributed by atoms with van der Waals surface area (Å²) in [7, 11) is 0. The van der Waals surface area contributed by atoms with E-state index in [4.69, 9.17) is 0 Å². The van der Waals surface area contributed by atoms with Gasteiger partial charge in [0.25, 0.3) is 0 Å². The number of anilines is 2. The van der Waals surface area contributed by atoms with Crippen LogP contribution in [0.3, 0.4) is 0 Å². The summed E-state index contributed by atoms with van der Waals surface area (Å²) >= 11 is 1.37. The summed E-state index contributed by atoms with van der Waals surface area (Å²) in [6.45, 7) is 1.77. The largest absolute Gasteiger partial charge is 0.326 e. The van der Waals surface area contributed by atoms with Gasteiger partial charge in [-0.15, -0.1) is 0 Å². The van der Waals surface area contributed by atoms with Crippen molar-refractivity contribution in [3.05, 3.63) is 53.6 Å². The standard InChI is InChI=1S/C19H17F2N3O2S/c1-2-17(25)24-19-23-15-7-3-11(9-16(15)27-19)4-8-18(26)22-12-5-6-13(20)14(21)10-12/h3,5-7,9-10H,2,4,8H2,1H3,(H,22,26)(H,23,24,25). The lowest BCUT2D eigenvalue weighted by Crippen LogP contribution is -2.12. The first-order chi connectivity index (χ1) is 12.9. The van der Waals surface area contributed by atoms with Gasteiger partial charge in [-0.1, -0.05) is 24.3 Å². The highest BCUT2D eigenvalue weighted by molar-refractivity contribution is 7.22. The Hall–Kier alpha value is -2.87. The van der Waals surface area contributed by atoms with E-state index < -0.39 is 11.6 Å². The molecule has 2 amide bonds. The first-order valence-electron chi connectivity index (χ1n) is 8.39. The SMILES string of the molecule is CCC(=O)Nc1nc2ccc(CCC(=O)Nc3ccc(F)c(F)c3)cc2s1. The first kappa shape index (κ1) is 18.9. The molecule has 0 atom stereocenters. The number of carbonyl (C=O) groups excluding carboxylic acids is 2. The average molecular weight is 389 g/mol. The maximum absolute atomic E-state index is 13.2. The summed E-state index contributed by atoms with van der Waals surface area (Å²) < 4.78 is 27.0. The van der Waals surface area contributed by atoms with Crippen LogP contribution in [0.5, 0.6) is 0 Å². The number of rotatable bonds is 6. The van der Waals surface area contributed by atoms with Crippen molar-refractivity contribution < 1.29 is 18.4 Å². The minimum atomic E-state index is -1.01. The van der Waals surface area contributed by atoms with E-state index in [1.165, 1.54) is 17.4 Å². The third kappa shape index (κ3) is 4.85. The van der Waals surface area contributed by atoms with Gasteiger partial charge in [0.1, 0.15) is 0 Å². The number of aryl methyl sites for hydroxylation is 1. The zero-order chi connectivity index (χ0) is 19.4. The van der Waals surface area contributed by atoms with Gasteiger partial charge in [0.15, 0.2) is 16.8 Å². The van der Waals surface area contributed by atoms with Crippen LogP contribution in [0.15, 0.2) is 36.4 Å². The number of thiazole rings is 1. The molecule has 2 N–H and O–H groups in total. The smallest absolute Gasteiger partial charge is 0.225 e. The Morgan fingerprint density at radius 3 is 2.59 bits per heavy atom. The number of hydrogen-bond donors (Lipinski definition) is 2. The molecule has 1 aromatic heterocycles. The van der Waals surface area contributed by atoms with Gasteiger partial charge in [-0.2, -0.15) is 0 Å². The molecule has 27 heavy (non-hydrogen) atoms. The Balaban J connectivity index is 1.61. The van der Waals surface area contributed by atoms with Crippen molar-refractivity contribution in [1.29, 1.82) is 0 Å². The summed E-state index contributed by atoms with van der Waals surface area (Å²) in [6.07, 6.45) is 1.07. The Kier molecular flexibility index (Phi) is 5.75. The zero-order valence-corrected chi connectivity index (χ0v) is 15.3. The Labute approximate surface area is 158 Å². The van der Waals surface area contributed by atoms with Crippen LogP contribution in [0.2, 0.25) is 0 Å². The van der Waals surface area contributed by atoms with E-state index in [1.807, 2.05) is 18.2 Å². The highest BCUT2D eigenvalue weighted by Crippen LogP contribution is 2.27. The van der Waals surface area contributed by atoms with Gasteiger partial charge in [0, 0.05) is 24.6 Å². The third-order valence-corrected chi connectivity index (χ3v) is 4.80. The van der Waals surface area contributed by atoms with Gasteiger partial charge >= 0.3 is 0 Å². The second-order valence-corrected chi connectivity index (χ2v) is 6.93. The molecule has 0 saturated heterocycles. The summed E-state index contributed by atoms with van der Waals surface area (Å²) in [5, 5.41) is 5.83. The molecule has 0 spiro atoms. The van der Waals surface area contributed by atoms with Crippen molar-refractivity contribution in [2.75, 3.05) is 10.6 Å². The number of fused-ring (bicyclic) bond motifs is 1. The molecule has 2 aromatic carbocycles. The average Bonchev–Trinajstić information content (AvgIpc) is 3.04. The monoisotopic (exact) mass is 389 g/mol. The van der Waals surface area contributed by atoms with E-state index in [-0.39, 0.29) is 23.9 Å². The van der Waals surface area contributed by atoms with Crippen molar-refractivity contribution in [2.45, 2.75) is 26.2 Å². The quantitative estimate of drug-likeness (QED) is 0.652. The molecule has 0 radical (unpaired) electrons. The molecule has 0 saturated carbocycles. The molecule has 0 fully saturated rings. The van der Waals surface area contributed by atoms with Crippen LogP contribution in [0.4, 0.5) is 19.6 Å². The fraction of sp³-hybridized carbons (Fsp3) is 0.211. The van der Waals surface area contributed by atoms with Crippen molar-refractivity contribution in [3.63, 3.8) is 0 Å². The van der Waals surface area contributed by atoms with Crippen molar-refractivity contribution in [2.24, 2.45) is 0 Å². The number of aromatic nitrogens is 1. The van der Waals surface area contributed by atoms with Gasteiger partial charge in [-0.05, 0) is 36.2 Å². The molecular weight excluding hydrogens is 372 g/mol. The molecular formula is C19H17F2N3O2S. The number of hydrogen-bond acceptors (Lipinski definition) is 4. The summed E-state index contributed by atoms with van der Waals surface area (Å²) in [6, 6.07) is 8.87. The molecule has 5 nitrogen and oxygen atoms in total. The van der Waals surface area contributed by atoms with Crippen LogP contribution in [0.25, 0.3) is 10.2 Å². The summed E-state index contributed by atoms with van der Waals surface area (Å²) in [5.41, 5.74) is 1.94. The summed E-state index contributed by atoms with van der Waals surface area (Å²) in [5.74, 6) is -2.35. The maximum Gasteiger partial charge on any atom is 0.225 e. The van der Waals surface area contributed by atoms with Gasteiger partial charge in [-0.25, -0.2) is 13.8 Å². The number of halogens is 2. The van der Waals surface area contributed by atoms with Gasteiger partial charge in [0.05, 0.1) is 10.2 Å². The van der Waals surface area contributed by atoms with E-state index in [1.54, 1.807) is 6.92 Å². The number of nitrogens with zero attached hydrogens (tertiary/aromatic N) is 1. The zero-order valence-electron chi connectivity index (χ0n) is 14.5. The molecule has 0 aliphatic heterocycles. The lowest BCUT2D eigenvalue weighted by molar-refractivity contribution is -0.116. The first-order valence-corrected chi connectivity index (χ1v) is 9.20. The normalized spacial score (nSPS) is 10.8.